The number of amides is 1. The number of carbonyl (C=O) groups excluding carboxylic acids is 1. The Morgan fingerprint density at radius 3 is 2.86 bits per heavy atom. The lowest BCUT2D eigenvalue weighted by Gasteiger charge is -2.09. The number of carbonyl (C=O) groups is 1. The van der Waals surface area contributed by atoms with Crippen LogP contribution in [0.2, 0.25) is 0 Å². The van der Waals surface area contributed by atoms with E-state index in [0.29, 0.717) is 6.54 Å². The molecule has 1 N–H and O–H groups in total. The first kappa shape index (κ1) is 15.8. The molecule has 1 amide bonds. The fourth-order valence-electron chi connectivity index (χ4n) is 1.81. The van der Waals surface area contributed by atoms with E-state index >= 15 is 0 Å². The van der Waals surface area contributed by atoms with Gasteiger partial charge in [-0.3, -0.25) is 9.78 Å². The summed E-state index contributed by atoms with van der Waals surface area (Å²) >= 11 is 0. The summed E-state index contributed by atoms with van der Waals surface area (Å²) in [6, 6.07) is 6.04. The molecule has 0 aliphatic rings. The van der Waals surface area contributed by atoms with Gasteiger partial charge in [-0.2, -0.15) is 0 Å². The molecule has 2 aromatic rings. The molecule has 0 aliphatic heterocycles. The number of nitrogens with zero attached hydrogens (tertiary/aromatic N) is 1. The van der Waals surface area contributed by atoms with Gasteiger partial charge in [0, 0.05) is 25.0 Å². The van der Waals surface area contributed by atoms with Crippen LogP contribution in [0.25, 0.3) is 0 Å². The first-order chi connectivity index (χ1) is 10.6. The quantitative estimate of drug-likeness (QED) is 0.889. The maximum absolute atomic E-state index is 13.5. The Morgan fingerprint density at radius 1 is 1.36 bits per heavy atom. The molecule has 0 saturated heterocycles. The summed E-state index contributed by atoms with van der Waals surface area (Å²) in [6.45, 7) is 2.13. The summed E-state index contributed by atoms with van der Waals surface area (Å²) in [6.07, 6.45) is 3.40. The van der Waals surface area contributed by atoms with E-state index in [9.17, 15) is 9.18 Å². The minimum absolute atomic E-state index is 0.129. The predicted molar refractivity (Wildman–Crippen MR) is 79.3 cm³/mol. The summed E-state index contributed by atoms with van der Waals surface area (Å²) < 4.78 is 23.5. The number of nitrogens with one attached hydrogen (secondary N) is 1. The molecule has 0 aliphatic carbocycles. The van der Waals surface area contributed by atoms with Gasteiger partial charge in [-0.05, 0) is 36.2 Å². The van der Waals surface area contributed by atoms with Crippen LogP contribution in [0.4, 0.5) is 4.39 Å². The average Bonchev–Trinajstić information content (AvgIpc) is 2.52. The molecule has 0 atom stereocenters. The summed E-state index contributed by atoms with van der Waals surface area (Å²) in [4.78, 5) is 15.7. The molecule has 2 rings (SSSR count). The number of ether oxygens (including phenoxy) is 2. The lowest BCUT2D eigenvalue weighted by atomic mass is 10.1. The Kier molecular flexibility index (Phi) is 5.30. The van der Waals surface area contributed by atoms with Gasteiger partial charge in [0.25, 0.3) is 5.91 Å². The van der Waals surface area contributed by atoms with Crippen LogP contribution >= 0.6 is 0 Å². The van der Waals surface area contributed by atoms with Gasteiger partial charge in [-0.15, -0.1) is 0 Å². The van der Waals surface area contributed by atoms with Crippen molar-refractivity contribution < 1.29 is 18.7 Å². The molecular formula is C16H17FN2O3. The Hall–Kier alpha value is -2.63. The standard InChI is InChI=1S/C16H17FN2O3/c1-11-5-6-18-8-12(11)9-19-16(20)10-22-13-3-4-15(21-2)14(17)7-13/h3-8H,9-10H2,1-2H3,(H,19,20). The lowest BCUT2D eigenvalue weighted by molar-refractivity contribution is -0.123. The Balaban J connectivity index is 1.83. The molecule has 0 bridgehead atoms. The first-order valence-corrected chi connectivity index (χ1v) is 6.72. The van der Waals surface area contributed by atoms with Crippen molar-refractivity contribution in [1.29, 1.82) is 0 Å². The largest absolute Gasteiger partial charge is 0.494 e. The van der Waals surface area contributed by atoms with Crippen molar-refractivity contribution in [3.05, 3.63) is 53.6 Å². The highest BCUT2D eigenvalue weighted by Crippen LogP contribution is 2.21. The van der Waals surface area contributed by atoms with Crippen LogP contribution in [0.5, 0.6) is 11.5 Å². The molecule has 5 nitrogen and oxygen atoms in total. The molecule has 1 aromatic carbocycles. The van der Waals surface area contributed by atoms with Crippen molar-refractivity contribution in [2.24, 2.45) is 0 Å². The molecule has 116 valence electrons. The van der Waals surface area contributed by atoms with E-state index < -0.39 is 5.82 Å². The van der Waals surface area contributed by atoms with Crippen LogP contribution < -0.4 is 14.8 Å². The van der Waals surface area contributed by atoms with Crippen molar-refractivity contribution in [1.82, 2.24) is 10.3 Å². The number of aromatic nitrogens is 1. The zero-order valence-corrected chi connectivity index (χ0v) is 12.4. The van der Waals surface area contributed by atoms with Crippen LogP contribution in [0, 0.1) is 12.7 Å². The van der Waals surface area contributed by atoms with Gasteiger partial charge in [0.15, 0.2) is 18.2 Å². The van der Waals surface area contributed by atoms with Crippen molar-refractivity contribution in [2.75, 3.05) is 13.7 Å². The molecule has 0 radical (unpaired) electrons. The highest BCUT2D eigenvalue weighted by atomic mass is 19.1. The molecule has 0 unspecified atom stereocenters. The van der Waals surface area contributed by atoms with Crippen LogP contribution in [-0.2, 0) is 11.3 Å². The number of rotatable bonds is 6. The van der Waals surface area contributed by atoms with Gasteiger partial charge >= 0.3 is 0 Å². The zero-order chi connectivity index (χ0) is 15.9. The van der Waals surface area contributed by atoms with Crippen molar-refractivity contribution >= 4 is 5.91 Å². The highest BCUT2D eigenvalue weighted by molar-refractivity contribution is 5.77. The Labute approximate surface area is 128 Å². The van der Waals surface area contributed by atoms with Gasteiger partial charge in [0.05, 0.1) is 7.11 Å². The second-order valence-corrected chi connectivity index (χ2v) is 4.66. The van der Waals surface area contributed by atoms with Gasteiger partial charge in [0.1, 0.15) is 5.75 Å². The molecule has 6 heteroatoms. The van der Waals surface area contributed by atoms with Crippen LogP contribution in [0.3, 0.4) is 0 Å². The third kappa shape index (κ3) is 4.18. The van der Waals surface area contributed by atoms with Gasteiger partial charge in [0.2, 0.25) is 0 Å². The van der Waals surface area contributed by atoms with E-state index in [1.165, 1.54) is 19.2 Å². The molecular weight excluding hydrogens is 287 g/mol. The molecule has 1 heterocycles. The van der Waals surface area contributed by atoms with Gasteiger partial charge in [-0.25, -0.2) is 4.39 Å². The minimum Gasteiger partial charge on any atom is -0.494 e. The van der Waals surface area contributed by atoms with E-state index in [1.54, 1.807) is 18.5 Å². The number of halogens is 1. The van der Waals surface area contributed by atoms with E-state index in [0.717, 1.165) is 11.1 Å². The van der Waals surface area contributed by atoms with E-state index in [1.807, 2.05) is 13.0 Å². The van der Waals surface area contributed by atoms with Crippen molar-refractivity contribution in [2.45, 2.75) is 13.5 Å². The number of methoxy groups -OCH3 is 1. The summed E-state index contributed by atoms with van der Waals surface area (Å²) in [5, 5.41) is 2.72. The zero-order valence-electron chi connectivity index (χ0n) is 12.4. The summed E-state index contributed by atoms with van der Waals surface area (Å²) in [5.74, 6) is -0.430. The van der Waals surface area contributed by atoms with Crippen LogP contribution in [-0.4, -0.2) is 24.6 Å². The third-order valence-electron chi connectivity index (χ3n) is 3.12. The molecule has 1 aromatic heterocycles. The lowest BCUT2D eigenvalue weighted by Crippen LogP contribution is -2.28. The van der Waals surface area contributed by atoms with Crippen molar-refractivity contribution in [3.63, 3.8) is 0 Å². The fraction of sp³-hybridized carbons (Fsp3) is 0.250. The number of pyridine rings is 1. The highest BCUT2D eigenvalue weighted by Gasteiger charge is 2.07. The van der Waals surface area contributed by atoms with Crippen LogP contribution in [0.15, 0.2) is 36.7 Å². The third-order valence-corrected chi connectivity index (χ3v) is 3.12. The molecule has 0 spiro atoms. The van der Waals surface area contributed by atoms with Crippen LogP contribution in [0.1, 0.15) is 11.1 Å². The number of hydrogen-bond acceptors (Lipinski definition) is 4. The van der Waals surface area contributed by atoms with Gasteiger partial charge < -0.3 is 14.8 Å². The fourth-order valence-corrected chi connectivity index (χ4v) is 1.81. The second-order valence-electron chi connectivity index (χ2n) is 4.66. The van der Waals surface area contributed by atoms with E-state index in [4.69, 9.17) is 9.47 Å². The average molecular weight is 304 g/mol. The molecule has 0 fully saturated rings. The maximum atomic E-state index is 13.5. The first-order valence-electron chi connectivity index (χ1n) is 6.72. The summed E-state index contributed by atoms with van der Waals surface area (Å²) in [5.41, 5.74) is 1.99. The SMILES string of the molecule is COc1ccc(OCC(=O)NCc2cnccc2C)cc1F. The Bertz CT molecular complexity index is 662. The van der Waals surface area contributed by atoms with Gasteiger partial charge in [-0.1, -0.05) is 0 Å². The number of aryl methyl sites for hydroxylation is 1. The molecule has 22 heavy (non-hydrogen) atoms. The minimum atomic E-state index is -0.536. The topological polar surface area (TPSA) is 60.5 Å². The number of hydrogen-bond donors (Lipinski definition) is 1. The normalized spacial score (nSPS) is 10.1. The maximum Gasteiger partial charge on any atom is 0.258 e. The Morgan fingerprint density at radius 2 is 2.18 bits per heavy atom. The smallest absolute Gasteiger partial charge is 0.258 e. The predicted octanol–water partition coefficient (Wildman–Crippen LogP) is 2.23. The van der Waals surface area contributed by atoms with E-state index in [2.05, 4.69) is 10.3 Å². The number of benzene rings is 1. The monoisotopic (exact) mass is 304 g/mol. The summed E-state index contributed by atoms with van der Waals surface area (Å²) in [7, 11) is 1.38. The van der Waals surface area contributed by atoms with E-state index in [-0.39, 0.29) is 24.0 Å². The van der Waals surface area contributed by atoms with Crippen molar-refractivity contribution in [3.8, 4) is 11.5 Å². The molecule has 0 saturated carbocycles. The second kappa shape index (κ2) is 7.40.